The van der Waals surface area contributed by atoms with E-state index in [1.807, 2.05) is 53.4 Å². The molecule has 5 rings (SSSR count). The third-order valence-electron chi connectivity index (χ3n) is 5.76. The Hall–Kier alpha value is -3.18. The van der Waals surface area contributed by atoms with E-state index in [0.717, 1.165) is 41.9 Å². The molecule has 5 nitrogen and oxygen atoms in total. The van der Waals surface area contributed by atoms with Gasteiger partial charge in [0.2, 0.25) is 0 Å². The number of aromatic nitrogens is 3. The van der Waals surface area contributed by atoms with Crippen LogP contribution in [0.4, 0.5) is 0 Å². The van der Waals surface area contributed by atoms with Gasteiger partial charge in [0.15, 0.2) is 5.82 Å². The van der Waals surface area contributed by atoms with Gasteiger partial charge in [0.25, 0.3) is 5.91 Å². The van der Waals surface area contributed by atoms with Crippen molar-refractivity contribution in [2.75, 3.05) is 13.1 Å². The molecule has 30 heavy (non-hydrogen) atoms. The average molecular weight is 417 g/mol. The van der Waals surface area contributed by atoms with Gasteiger partial charge in [-0.3, -0.25) is 4.79 Å². The molecule has 0 atom stereocenters. The predicted molar refractivity (Wildman–Crippen MR) is 119 cm³/mol. The number of carbonyl (C=O) groups is 1. The Morgan fingerprint density at radius 1 is 1.03 bits per heavy atom. The fourth-order valence-corrected chi connectivity index (χ4v) is 4.20. The van der Waals surface area contributed by atoms with Crippen LogP contribution in [0.5, 0.6) is 0 Å². The second-order valence-electron chi connectivity index (χ2n) is 7.66. The van der Waals surface area contributed by atoms with Crippen LogP contribution < -0.4 is 0 Å². The molecule has 4 aromatic rings. The number of amides is 1. The van der Waals surface area contributed by atoms with Crippen LogP contribution in [0.15, 0.2) is 66.9 Å². The molecule has 0 unspecified atom stereocenters. The summed E-state index contributed by atoms with van der Waals surface area (Å²) in [7, 11) is 0. The zero-order valence-electron chi connectivity index (χ0n) is 16.4. The first-order valence-corrected chi connectivity index (χ1v) is 10.5. The lowest BCUT2D eigenvalue weighted by Crippen LogP contribution is -2.38. The highest BCUT2D eigenvalue weighted by molar-refractivity contribution is 6.30. The van der Waals surface area contributed by atoms with Crippen LogP contribution >= 0.6 is 11.6 Å². The number of likely N-dealkylation sites (tertiary alicyclic amines) is 1. The third kappa shape index (κ3) is 3.68. The van der Waals surface area contributed by atoms with E-state index < -0.39 is 0 Å². The predicted octanol–water partition coefficient (Wildman–Crippen LogP) is 5.30. The number of aromatic amines is 1. The van der Waals surface area contributed by atoms with E-state index in [1.165, 1.54) is 5.56 Å². The van der Waals surface area contributed by atoms with Gasteiger partial charge in [0.1, 0.15) is 11.3 Å². The summed E-state index contributed by atoms with van der Waals surface area (Å²) >= 11 is 6.00. The summed E-state index contributed by atoms with van der Waals surface area (Å²) in [5.74, 6) is 1.13. The van der Waals surface area contributed by atoms with Crippen LogP contribution in [-0.2, 0) is 0 Å². The van der Waals surface area contributed by atoms with Crippen molar-refractivity contribution >= 4 is 28.5 Å². The second kappa shape index (κ2) is 7.92. The number of piperidine rings is 1. The molecular formula is C24H21ClN4O. The van der Waals surface area contributed by atoms with E-state index >= 15 is 0 Å². The van der Waals surface area contributed by atoms with E-state index in [1.54, 1.807) is 6.20 Å². The summed E-state index contributed by atoms with van der Waals surface area (Å²) in [4.78, 5) is 27.2. The Labute approximate surface area is 179 Å². The largest absolute Gasteiger partial charge is 0.337 e. The van der Waals surface area contributed by atoms with Crippen LogP contribution in [0.25, 0.3) is 22.4 Å². The highest BCUT2D eigenvalue weighted by atomic mass is 35.5. The maximum atomic E-state index is 13.0. The minimum Gasteiger partial charge on any atom is -0.337 e. The summed E-state index contributed by atoms with van der Waals surface area (Å²) in [5.41, 5.74) is 3.49. The Bertz CT molecular complexity index is 1180. The molecule has 2 aromatic carbocycles. The molecule has 150 valence electrons. The molecule has 1 saturated heterocycles. The molecule has 1 N–H and O–H groups in total. The number of nitrogens with one attached hydrogen (secondary N) is 1. The van der Waals surface area contributed by atoms with Crippen molar-refractivity contribution in [1.29, 1.82) is 0 Å². The molecule has 0 spiro atoms. The smallest absolute Gasteiger partial charge is 0.270 e. The van der Waals surface area contributed by atoms with Crippen molar-refractivity contribution in [2.24, 2.45) is 0 Å². The number of halogens is 1. The standard InChI is InChI=1S/C24H21ClN4O/c25-20-8-6-16(7-9-20)17-10-12-29(13-11-17)24(30)21-14-19-15-26-22(28-23(19)27-21)18-4-2-1-3-5-18/h1-9,14-15,17H,10-13H2,(H,26,27,28). The van der Waals surface area contributed by atoms with Crippen LogP contribution in [-0.4, -0.2) is 38.8 Å². The Kier molecular flexibility index (Phi) is 4.97. The molecule has 1 fully saturated rings. The molecule has 3 heterocycles. The number of carbonyl (C=O) groups excluding carboxylic acids is 1. The first-order valence-electron chi connectivity index (χ1n) is 10.1. The zero-order chi connectivity index (χ0) is 20.5. The van der Waals surface area contributed by atoms with E-state index in [9.17, 15) is 4.79 Å². The number of hydrogen-bond donors (Lipinski definition) is 1. The van der Waals surface area contributed by atoms with Gasteiger partial charge in [-0.2, -0.15) is 0 Å². The topological polar surface area (TPSA) is 61.9 Å². The summed E-state index contributed by atoms with van der Waals surface area (Å²) < 4.78 is 0. The van der Waals surface area contributed by atoms with Gasteiger partial charge in [-0.25, -0.2) is 9.97 Å². The van der Waals surface area contributed by atoms with E-state index in [0.29, 0.717) is 23.1 Å². The second-order valence-corrected chi connectivity index (χ2v) is 8.10. The van der Waals surface area contributed by atoms with Crippen molar-refractivity contribution in [1.82, 2.24) is 19.9 Å². The van der Waals surface area contributed by atoms with Gasteiger partial charge in [-0.05, 0) is 42.5 Å². The summed E-state index contributed by atoms with van der Waals surface area (Å²) in [6, 6.07) is 19.7. The third-order valence-corrected chi connectivity index (χ3v) is 6.01. The molecule has 1 amide bonds. The van der Waals surface area contributed by atoms with Crippen molar-refractivity contribution < 1.29 is 4.79 Å². The van der Waals surface area contributed by atoms with Crippen LogP contribution in [0.2, 0.25) is 5.02 Å². The number of hydrogen-bond acceptors (Lipinski definition) is 3. The Morgan fingerprint density at radius 3 is 2.50 bits per heavy atom. The van der Waals surface area contributed by atoms with Crippen molar-refractivity contribution in [3.8, 4) is 11.4 Å². The number of rotatable bonds is 3. The highest BCUT2D eigenvalue weighted by Crippen LogP contribution is 2.29. The average Bonchev–Trinajstić information content (AvgIpc) is 3.23. The summed E-state index contributed by atoms with van der Waals surface area (Å²) in [5, 5.41) is 1.60. The highest BCUT2D eigenvalue weighted by Gasteiger charge is 2.25. The van der Waals surface area contributed by atoms with Crippen LogP contribution in [0.1, 0.15) is 34.8 Å². The summed E-state index contributed by atoms with van der Waals surface area (Å²) in [6.07, 6.45) is 3.67. The molecule has 6 heteroatoms. The molecule has 1 aliphatic heterocycles. The molecule has 1 aliphatic rings. The number of H-pyrrole nitrogens is 1. The van der Waals surface area contributed by atoms with E-state index in [-0.39, 0.29) is 5.91 Å². The van der Waals surface area contributed by atoms with Gasteiger partial charge in [-0.15, -0.1) is 0 Å². The van der Waals surface area contributed by atoms with Gasteiger partial charge in [0.05, 0.1) is 0 Å². The van der Waals surface area contributed by atoms with Crippen molar-refractivity contribution in [2.45, 2.75) is 18.8 Å². The van der Waals surface area contributed by atoms with Gasteiger partial charge in [0, 0.05) is 35.3 Å². The maximum absolute atomic E-state index is 13.0. The molecule has 0 aliphatic carbocycles. The van der Waals surface area contributed by atoms with Gasteiger partial charge >= 0.3 is 0 Å². The van der Waals surface area contributed by atoms with Gasteiger partial charge in [-0.1, -0.05) is 54.1 Å². The molecule has 0 radical (unpaired) electrons. The summed E-state index contributed by atoms with van der Waals surface area (Å²) in [6.45, 7) is 1.48. The fourth-order valence-electron chi connectivity index (χ4n) is 4.08. The maximum Gasteiger partial charge on any atom is 0.270 e. The number of fused-ring (bicyclic) bond motifs is 1. The number of benzene rings is 2. The minimum atomic E-state index is 0.0174. The van der Waals surface area contributed by atoms with E-state index in [4.69, 9.17) is 11.6 Å². The minimum absolute atomic E-state index is 0.0174. The number of nitrogens with zero attached hydrogens (tertiary/aromatic N) is 3. The van der Waals surface area contributed by atoms with E-state index in [2.05, 4.69) is 27.1 Å². The molecule has 2 aromatic heterocycles. The van der Waals surface area contributed by atoms with Gasteiger partial charge < -0.3 is 9.88 Å². The molecular weight excluding hydrogens is 396 g/mol. The first kappa shape index (κ1) is 18.8. The Morgan fingerprint density at radius 2 is 1.77 bits per heavy atom. The van der Waals surface area contributed by atoms with Crippen molar-refractivity contribution in [3.05, 3.63) is 83.1 Å². The SMILES string of the molecule is O=C(c1cc2cnc(-c3ccccc3)nc2[nH]1)N1CCC(c2ccc(Cl)cc2)CC1. The lowest BCUT2D eigenvalue weighted by Gasteiger charge is -2.32. The lowest BCUT2D eigenvalue weighted by atomic mass is 9.89. The molecule has 0 bridgehead atoms. The first-order chi connectivity index (χ1) is 14.7. The Balaban J connectivity index is 1.31. The molecule has 0 saturated carbocycles. The van der Waals surface area contributed by atoms with Crippen LogP contribution in [0.3, 0.4) is 0 Å². The van der Waals surface area contributed by atoms with Crippen molar-refractivity contribution in [3.63, 3.8) is 0 Å². The lowest BCUT2D eigenvalue weighted by molar-refractivity contribution is 0.0708. The monoisotopic (exact) mass is 416 g/mol. The normalized spacial score (nSPS) is 14.9. The van der Waals surface area contributed by atoms with Crippen LogP contribution in [0, 0.1) is 0 Å². The zero-order valence-corrected chi connectivity index (χ0v) is 17.1. The quantitative estimate of drug-likeness (QED) is 0.493. The fraction of sp³-hybridized carbons (Fsp3) is 0.208.